The normalized spacial score (nSPS) is 22.8. The van der Waals surface area contributed by atoms with Crippen LogP contribution in [0.1, 0.15) is 31.2 Å². The molecular formula is C16H25N3O. The van der Waals surface area contributed by atoms with E-state index in [9.17, 15) is 4.79 Å². The Labute approximate surface area is 121 Å². The monoisotopic (exact) mass is 275 g/mol. The summed E-state index contributed by atoms with van der Waals surface area (Å²) in [6.07, 6.45) is 4.34. The van der Waals surface area contributed by atoms with Crippen LogP contribution in [0.4, 0.5) is 0 Å². The average Bonchev–Trinajstić information content (AvgIpc) is 2.47. The van der Waals surface area contributed by atoms with E-state index in [1.165, 1.54) is 0 Å². The van der Waals surface area contributed by atoms with Gasteiger partial charge in [0.1, 0.15) is 0 Å². The molecule has 0 unspecified atom stereocenters. The van der Waals surface area contributed by atoms with Crippen molar-refractivity contribution in [1.29, 1.82) is 0 Å². The van der Waals surface area contributed by atoms with E-state index < -0.39 is 0 Å². The summed E-state index contributed by atoms with van der Waals surface area (Å²) in [6, 6.07) is 10.8. The van der Waals surface area contributed by atoms with Crippen LogP contribution < -0.4 is 11.1 Å². The molecule has 0 atom stereocenters. The Morgan fingerprint density at radius 3 is 2.55 bits per heavy atom. The summed E-state index contributed by atoms with van der Waals surface area (Å²) in [7, 11) is 2.03. The second kappa shape index (κ2) is 7.41. The molecule has 1 fully saturated rings. The lowest BCUT2D eigenvalue weighted by molar-refractivity contribution is -0.122. The highest BCUT2D eigenvalue weighted by Gasteiger charge is 2.22. The minimum Gasteiger partial charge on any atom is -0.351 e. The number of hydrogen-bond donors (Lipinski definition) is 2. The number of hydrogen-bond acceptors (Lipinski definition) is 3. The second-order valence-electron chi connectivity index (χ2n) is 5.75. The third-order valence-electron chi connectivity index (χ3n) is 4.09. The van der Waals surface area contributed by atoms with Crippen LogP contribution in [0, 0.1) is 0 Å². The molecule has 0 aliphatic heterocycles. The molecule has 110 valence electrons. The number of nitrogens with two attached hydrogens (primary N) is 1. The van der Waals surface area contributed by atoms with Gasteiger partial charge in [0.05, 0.1) is 6.54 Å². The molecule has 0 saturated heterocycles. The van der Waals surface area contributed by atoms with Gasteiger partial charge in [-0.2, -0.15) is 0 Å². The van der Waals surface area contributed by atoms with Gasteiger partial charge in [0.2, 0.25) is 5.91 Å². The molecule has 2 rings (SSSR count). The van der Waals surface area contributed by atoms with Gasteiger partial charge in [0.15, 0.2) is 0 Å². The van der Waals surface area contributed by atoms with Gasteiger partial charge >= 0.3 is 0 Å². The van der Waals surface area contributed by atoms with E-state index in [-0.39, 0.29) is 5.91 Å². The molecule has 3 N–H and O–H groups in total. The molecule has 0 bridgehead atoms. The highest BCUT2D eigenvalue weighted by Crippen LogP contribution is 2.20. The van der Waals surface area contributed by atoms with Crippen LogP contribution in [0.25, 0.3) is 0 Å². The van der Waals surface area contributed by atoms with Crippen molar-refractivity contribution in [3.63, 3.8) is 0 Å². The summed E-state index contributed by atoms with van der Waals surface area (Å²) < 4.78 is 0. The van der Waals surface area contributed by atoms with Gasteiger partial charge in [-0.15, -0.1) is 0 Å². The lowest BCUT2D eigenvalue weighted by Crippen LogP contribution is -2.43. The summed E-state index contributed by atoms with van der Waals surface area (Å²) >= 11 is 0. The lowest BCUT2D eigenvalue weighted by atomic mass is 9.91. The first-order valence-corrected chi connectivity index (χ1v) is 7.41. The van der Waals surface area contributed by atoms with Gasteiger partial charge < -0.3 is 11.1 Å². The number of nitrogens with one attached hydrogen (secondary N) is 1. The van der Waals surface area contributed by atoms with E-state index in [4.69, 9.17) is 5.73 Å². The summed E-state index contributed by atoms with van der Waals surface area (Å²) in [4.78, 5) is 14.1. The SMILES string of the molecule is CN(CC(=O)NCc1ccccc1)C1CCC(N)CC1. The molecule has 0 heterocycles. The predicted molar refractivity (Wildman–Crippen MR) is 81.2 cm³/mol. The fraction of sp³-hybridized carbons (Fsp3) is 0.562. The van der Waals surface area contributed by atoms with Crippen molar-refractivity contribution >= 4 is 5.91 Å². The Kier molecular flexibility index (Phi) is 5.56. The molecule has 1 amide bonds. The minimum absolute atomic E-state index is 0.0891. The Balaban J connectivity index is 1.71. The first kappa shape index (κ1) is 15.0. The van der Waals surface area contributed by atoms with Crippen molar-refractivity contribution in [3.05, 3.63) is 35.9 Å². The second-order valence-corrected chi connectivity index (χ2v) is 5.75. The topological polar surface area (TPSA) is 58.4 Å². The summed E-state index contributed by atoms with van der Waals surface area (Å²) in [5.41, 5.74) is 7.04. The largest absolute Gasteiger partial charge is 0.351 e. The first-order chi connectivity index (χ1) is 9.65. The highest BCUT2D eigenvalue weighted by molar-refractivity contribution is 5.78. The molecule has 1 saturated carbocycles. The number of carbonyl (C=O) groups is 1. The maximum absolute atomic E-state index is 12.0. The zero-order valence-electron chi connectivity index (χ0n) is 12.2. The smallest absolute Gasteiger partial charge is 0.234 e. The van der Waals surface area contributed by atoms with Crippen molar-refractivity contribution in [2.45, 2.75) is 44.3 Å². The average molecular weight is 275 g/mol. The van der Waals surface area contributed by atoms with Crippen LogP contribution in [0.3, 0.4) is 0 Å². The number of carbonyl (C=O) groups excluding carboxylic acids is 1. The molecule has 0 radical (unpaired) electrons. The molecule has 20 heavy (non-hydrogen) atoms. The number of nitrogens with zero attached hydrogens (tertiary/aromatic N) is 1. The van der Waals surface area contributed by atoms with Crippen LogP contribution in [0.15, 0.2) is 30.3 Å². The van der Waals surface area contributed by atoms with Crippen molar-refractivity contribution in [1.82, 2.24) is 10.2 Å². The quantitative estimate of drug-likeness (QED) is 0.856. The fourth-order valence-corrected chi connectivity index (χ4v) is 2.75. The van der Waals surface area contributed by atoms with Crippen molar-refractivity contribution < 1.29 is 4.79 Å². The van der Waals surface area contributed by atoms with Crippen LogP contribution in [-0.2, 0) is 11.3 Å². The van der Waals surface area contributed by atoms with Crippen LogP contribution in [0.2, 0.25) is 0 Å². The number of likely N-dealkylation sites (N-methyl/N-ethyl adjacent to an activating group) is 1. The van der Waals surface area contributed by atoms with Gasteiger partial charge in [-0.05, 0) is 38.3 Å². The number of benzene rings is 1. The van der Waals surface area contributed by atoms with Gasteiger partial charge in [-0.3, -0.25) is 9.69 Å². The predicted octanol–water partition coefficient (Wildman–Crippen LogP) is 1.50. The number of amides is 1. The van der Waals surface area contributed by atoms with Gasteiger partial charge in [-0.1, -0.05) is 30.3 Å². The molecule has 4 heteroatoms. The summed E-state index contributed by atoms with van der Waals surface area (Å²) in [5, 5.41) is 2.97. The van der Waals surface area contributed by atoms with E-state index in [2.05, 4.69) is 10.2 Å². The summed E-state index contributed by atoms with van der Waals surface area (Å²) in [5.74, 6) is 0.0891. The highest BCUT2D eigenvalue weighted by atomic mass is 16.2. The zero-order valence-corrected chi connectivity index (χ0v) is 12.2. The van der Waals surface area contributed by atoms with Gasteiger partial charge in [-0.25, -0.2) is 0 Å². The van der Waals surface area contributed by atoms with Gasteiger partial charge in [0.25, 0.3) is 0 Å². The molecule has 4 nitrogen and oxygen atoms in total. The Hall–Kier alpha value is -1.39. The van der Waals surface area contributed by atoms with Crippen LogP contribution >= 0.6 is 0 Å². The van der Waals surface area contributed by atoms with Crippen molar-refractivity contribution in [2.75, 3.05) is 13.6 Å². The maximum Gasteiger partial charge on any atom is 0.234 e. The van der Waals surface area contributed by atoms with Gasteiger partial charge in [0, 0.05) is 18.6 Å². The first-order valence-electron chi connectivity index (χ1n) is 7.41. The van der Waals surface area contributed by atoms with E-state index >= 15 is 0 Å². The molecule has 1 aliphatic rings. The minimum atomic E-state index is 0.0891. The van der Waals surface area contributed by atoms with Crippen molar-refractivity contribution in [3.8, 4) is 0 Å². The molecule has 0 aromatic heterocycles. The molecular weight excluding hydrogens is 250 g/mol. The standard InChI is InChI=1S/C16H25N3O/c1-19(15-9-7-14(17)8-10-15)12-16(20)18-11-13-5-3-2-4-6-13/h2-6,14-15H,7-12,17H2,1H3,(H,18,20). The van der Waals surface area contributed by atoms with E-state index in [1.54, 1.807) is 0 Å². The molecule has 0 spiro atoms. The maximum atomic E-state index is 12.0. The van der Waals surface area contributed by atoms with Crippen molar-refractivity contribution in [2.24, 2.45) is 5.73 Å². The Morgan fingerprint density at radius 1 is 1.25 bits per heavy atom. The lowest BCUT2D eigenvalue weighted by Gasteiger charge is -2.33. The third kappa shape index (κ3) is 4.62. The number of rotatable bonds is 5. The Morgan fingerprint density at radius 2 is 1.90 bits per heavy atom. The molecule has 1 aromatic carbocycles. The molecule has 1 aliphatic carbocycles. The van der Waals surface area contributed by atoms with Crippen LogP contribution in [0.5, 0.6) is 0 Å². The summed E-state index contributed by atoms with van der Waals surface area (Å²) in [6.45, 7) is 1.07. The van der Waals surface area contributed by atoms with E-state index in [1.807, 2.05) is 37.4 Å². The van der Waals surface area contributed by atoms with E-state index in [0.717, 1.165) is 31.2 Å². The Bertz CT molecular complexity index is 413. The zero-order chi connectivity index (χ0) is 14.4. The molecule has 1 aromatic rings. The van der Waals surface area contributed by atoms with E-state index in [0.29, 0.717) is 25.2 Å². The fourth-order valence-electron chi connectivity index (χ4n) is 2.75. The third-order valence-corrected chi connectivity index (χ3v) is 4.09. The van der Waals surface area contributed by atoms with Crippen LogP contribution in [-0.4, -0.2) is 36.5 Å².